The molecule has 0 bridgehead atoms. The maximum atomic E-state index is 12.2. The molecule has 6 heteroatoms. The summed E-state index contributed by atoms with van der Waals surface area (Å²) in [5, 5.41) is 10.5. The van der Waals surface area contributed by atoms with Crippen LogP contribution < -0.4 is 5.32 Å². The summed E-state index contributed by atoms with van der Waals surface area (Å²) < 4.78 is 5.73. The number of hydrogen-bond donors (Lipinski definition) is 1. The Morgan fingerprint density at radius 1 is 1.47 bits per heavy atom. The maximum absolute atomic E-state index is 12.2. The molecule has 2 aliphatic rings. The third kappa shape index (κ3) is 2.11. The van der Waals surface area contributed by atoms with Crippen molar-refractivity contribution in [3.05, 3.63) is 24.0 Å². The highest BCUT2D eigenvalue weighted by atomic mass is 16.5. The van der Waals surface area contributed by atoms with Crippen LogP contribution in [0.5, 0.6) is 0 Å². The molecule has 0 spiro atoms. The van der Waals surface area contributed by atoms with Gasteiger partial charge in [0.15, 0.2) is 0 Å². The van der Waals surface area contributed by atoms with Crippen LogP contribution in [0.4, 0.5) is 0 Å². The van der Waals surface area contributed by atoms with Gasteiger partial charge in [-0.2, -0.15) is 10.2 Å². The van der Waals surface area contributed by atoms with Gasteiger partial charge in [0, 0.05) is 12.5 Å². The monoisotopic (exact) mass is 262 g/mol. The zero-order chi connectivity index (χ0) is 13.4. The molecule has 1 aromatic rings. The fraction of sp³-hybridized carbons (Fsp3) is 0.615. The van der Waals surface area contributed by atoms with Gasteiger partial charge in [-0.25, -0.2) is 0 Å². The molecule has 0 unspecified atom stereocenters. The van der Waals surface area contributed by atoms with Crippen molar-refractivity contribution >= 4 is 5.91 Å². The molecule has 4 atom stereocenters. The maximum Gasteiger partial charge on any atom is 0.253 e. The van der Waals surface area contributed by atoms with Crippen molar-refractivity contribution in [1.82, 2.24) is 20.4 Å². The molecule has 1 aromatic heterocycles. The molecule has 102 valence electrons. The first-order chi connectivity index (χ1) is 9.18. The van der Waals surface area contributed by atoms with Crippen molar-refractivity contribution in [2.75, 3.05) is 20.7 Å². The van der Waals surface area contributed by atoms with E-state index in [1.807, 2.05) is 14.1 Å². The topological polar surface area (TPSA) is 67.4 Å². The number of hydrogen-bond acceptors (Lipinski definition) is 5. The van der Waals surface area contributed by atoms with Gasteiger partial charge in [-0.15, -0.1) is 0 Å². The standard InChI is InChI=1S/C13H18N4O2/c1-17(2)11-10(9-4-6-19-12(9)11)16-13(18)8-3-5-14-15-7-8/h3,5,7,9-12H,4,6H2,1-2H3,(H,16,18)/t9-,10+,11-,12-/m1/s1. The van der Waals surface area contributed by atoms with Gasteiger partial charge in [0.25, 0.3) is 5.91 Å². The van der Waals surface area contributed by atoms with E-state index < -0.39 is 0 Å². The predicted octanol–water partition coefficient (Wildman–Crippen LogP) is -0.0761. The van der Waals surface area contributed by atoms with Gasteiger partial charge in [0.1, 0.15) is 0 Å². The third-order valence-electron chi connectivity index (χ3n) is 4.09. The summed E-state index contributed by atoms with van der Waals surface area (Å²) in [5.41, 5.74) is 0.551. The number of carbonyl (C=O) groups is 1. The van der Waals surface area contributed by atoms with E-state index in [2.05, 4.69) is 20.4 Å². The van der Waals surface area contributed by atoms with E-state index in [1.54, 1.807) is 6.07 Å². The molecule has 2 fully saturated rings. The molecule has 19 heavy (non-hydrogen) atoms. The summed E-state index contributed by atoms with van der Waals surface area (Å²) in [6.45, 7) is 0.795. The molecule has 1 saturated heterocycles. The van der Waals surface area contributed by atoms with Crippen LogP contribution in [0.15, 0.2) is 18.5 Å². The molecule has 1 N–H and O–H groups in total. The number of carbonyl (C=O) groups excluding carboxylic acids is 1. The number of fused-ring (bicyclic) bond motifs is 1. The van der Waals surface area contributed by atoms with Crippen LogP contribution in [-0.4, -0.2) is 59.9 Å². The zero-order valence-corrected chi connectivity index (χ0v) is 11.1. The lowest BCUT2D eigenvalue weighted by Gasteiger charge is -2.50. The van der Waals surface area contributed by atoms with Crippen LogP contribution in [0.2, 0.25) is 0 Å². The van der Waals surface area contributed by atoms with Crippen LogP contribution in [-0.2, 0) is 4.74 Å². The zero-order valence-electron chi connectivity index (χ0n) is 11.1. The third-order valence-corrected chi connectivity index (χ3v) is 4.09. The Morgan fingerprint density at radius 2 is 2.32 bits per heavy atom. The van der Waals surface area contributed by atoms with Crippen molar-refractivity contribution in [2.45, 2.75) is 24.6 Å². The molecule has 1 aliphatic carbocycles. The van der Waals surface area contributed by atoms with Crippen molar-refractivity contribution in [3.63, 3.8) is 0 Å². The van der Waals surface area contributed by atoms with Crippen molar-refractivity contribution in [3.8, 4) is 0 Å². The molecule has 0 aromatic carbocycles. The predicted molar refractivity (Wildman–Crippen MR) is 68.6 cm³/mol. The van der Waals surface area contributed by atoms with Gasteiger partial charge < -0.3 is 15.0 Å². The first kappa shape index (κ1) is 12.5. The van der Waals surface area contributed by atoms with Gasteiger partial charge in [-0.1, -0.05) is 0 Å². The van der Waals surface area contributed by atoms with E-state index in [0.717, 1.165) is 13.0 Å². The van der Waals surface area contributed by atoms with E-state index in [4.69, 9.17) is 4.74 Å². The number of nitrogens with one attached hydrogen (secondary N) is 1. The van der Waals surface area contributed by atoms with E-state index >= 15 is 0 Å². The fourth-order valence-corrected chi connectivity index (χ4v) is 3.14. The largest absolute Gasteiger partial charge is 0.376 e. The SMILES string of the molecule is CN(C)[C@@H]1[C@@H](NC(=O)c2ccnnc2)[C@H]2CCO[C@H]21. The van der Waals surface area contributed by atoms with Gasteiger partial charge >= 0.3 is 0 Å². The second-order valence-electron chi connectivity index (χ2n) is 5.37. The Balaban J connectivity index is 1.70. The van der Waals surface area contributed by atoms with Gasteiger partial charge in [-0.3, -0.25) is 4.79 Å². The smallest absolute Gasteiger partial charge is 0.253 e. The summed E-state index contributed by atoms with van der Waals surface area (Å²) in [4.78, 5) is 14.3. The average Bonchev–Trinajstić information content (AvgIpc) is 2.80. The molecule has 2 heterocycles. The number of rotatable bonds is 3. The Labute approximate surface area is 112 Å². The van der Waals surface area contributed by atoms with Crippen molar-refractivity contribution in [1.29, 1.82) is 0 Å². The molecule has 1 amide bonds. The summed E-state index contributed by atoms with van der Waals surface area (Å²) in [5.74, 6) is 0.350. The molecule has 0 radical (unpaired) electrons. The lowest BCUT2D eigenvalue weighted by Crippen LogP contribution is -2.69. The highest BCUT2D eigenvalue weighted by Crippen LogP contribution is 2.41. The number of aromatic nitrogens is 2. The molecule has 1 aliphatic heterocycles. The number of amides is 1. The second kappa shape index (κ2) is 4.86. The summed E-state index contributed by atoms with van der Waals surface area (Å²) >= 11 is 0. The van der Waals surface area contributed by atoms with E-state index in [9.17, 15) is 4.79 Å². The van der Waals surface area contributed by atoms with Gasteiger partial charge in [0.05, 0.1) is 36.1 Å². The highest BCUT2D eigenvalue weighted by molar-refractivity contribution is 5.94. The first-order valence-electron chi connectivity index (χ1n) is 6.54. The minimum absolute atomic E-state index is 0.0860. The van der Waals surface area contributed by atoms with E-state index in [0.29, 0.717) is 11.5 Å². The molecular formula is C13H18N4O2. The van der Waals surface area contributed by atoms with Crippen molar-refractivity contribution in [2.24, 2.45) is 5.92 Å². The average molecular weight is 262 g/mol. The Hall–Kier alpha value is -1.53. The number of ether oxygens (including phenoxy) is 1. The van der Waals surface area contributed by atoms with Gasteiger partial charge in [0.2, 0.25) is 0 Å². The van der Waals surface area contributed by atoms with Crippen LogP contribution >= 0.6 is 0 Å². The quantitative estimate of drug-likeness (QED) is 0.825. The minimum Gasteiger partial charge on any atom is -0.376 e. The first-order valence-corrected chi connectivity index (χ1v) is 6.54. The Morgan fingerprint density at radius 3 is 3.00 bits per heavy atom. The fourth-order valence-electron chi connectivity index (χ4n) is 3.14. The van der Waals surface area contributed by atoms with Crippen LogP contribution in [0.3, 0.4) is 0 Å². The summed E-state index contributed by atoms with van der Waals surface area (Å²) in [6, 6.07) is 2.09. The normalized spacial score (nSPS) is 32.8. The van der Waals surface area contributed by atoms with E-state index in [-0.39, 0.29) is 24.1 Å². The summed E-state index contributed by atoms with van der Waals surface area (Å²) in [6.07, 6.45) is 4.30. The van der Waals surface area contributed by atoms with Crippen LogP contribution in [0.1, 0.15) is 16.8 Å². The highest BCUT2D eigenvalue weighted by Gasteiger charge is 2.55. The molecular weight excluding hydrogens is 244 g/mol. The lowest BCUT2D eigenvalue weighted by atomic mass is 9.71. The Bertz CT molecular complexity index is 465. The van der Waals surface area contributed by atoms with Crippen LogP contribution in [0, 0.1) is 5.92 Å². The van der Waals surface area contributed by atoms with E-state index in [1.165, 1.54) is 12.4 Å². The molecule has 6 nitrogen and oxygen atoms in total. The minimum atomic E-state index is -0.0860. The van der Waals surface area contributed by atoms with Crippen LogP contribution in [0.25, 0.3) is 0 Å². The molecule has 3 rings (SSSR count). The second-order valence-corrected chi connectivity index (χ2v) is 5.37. The van der Waals surface area contributed by atoms with Crippen molar-refractivity contribution < 1.29 is 9.53 Å². The van der Waals surface area contributed by atoms with Gasteiger partial charge in [-0.05, 0) is 26.6 Å². The number of nitrogens with zero attached hydrogens (tertiary/aromatic N) is 3. The summed E-state index contributed by atoms with van der Waals surface area (Å²) in [7, 11) is 4.05. The molecule has 1 saturated carbocycles. The number of likely N-dealkylation sites (N-methyl/N-ethyl adjacent to an activating group) is 1. The Kier molecular flexibility index (Phi) is 3.20. The lowest BCUT2D eigenvalue weighted by molar-refractivity contribution is -0.0664.